The first-order chi connectivity index (χ1) is 8.74. The fourth-order valence-corrected chi connectivity index (χ4v) is 1.60. The van der Waals surface area contributed by atoms with Gasteiger partial charge in [0, 0.05) is 16.7 Å². The number of hydrogen-bond acceptors (Lipinski definition) is 2. The third-order valence-corrected chi connectivity index (χ3v) is 2.60. The van der Waals surface area contributed by atoms with Crippen molar-refractivity contribution in [3.63, 3.8) is 0 Å². The molecule has 18 heavy (non-hydrogen) atoms. The Morgan fingerprint density at radius 2 is 1.61 bits per heavy atom. The molecule has 0 aliphatic heterocycles. The van der Waals surface area contributed by atoms with Crippen molar-refractivity contribution in [2.45, 2.75) is 0 Å². The zero-order valence-corrected chi connectivity index (χ0v) is 11.5. The van der Waals surface area contributed by atoms with E-state index in [0.717, 1.165) is 21.7 Å². The van der Waals surface area contributed by atoms with Crippen molar-refractivity contribution in [1.82, 2.24) is 0 Å². The predicted molar refractivity (Wildman–Crippen MR) is 79.5 cm³/mol. The summed E-state index contributed by atoms with van der Waals surface area (Å²) in [6.45, 7) is 4.48. The van der Waals surface area contributed by atoms with Crippen molar-refractivity contribution in [2.24, 2.45) is 0 Å². The monoisotopic (exact) mass is 303 g/mol. The van der Waals surface area contributed by atoms with Gasteiger partial charge in [-0.3, -0.25) is 0 Å². The van der Waals surface area contributed by atoms with Gasteiger partial charge in [-0.1, -0.05) is 40.7 Å². The Bertz CT molecular complexity index is 508. The molecule has 0 aliphatic carbocycles. The minimum Gasteiger partial charge on any atom is -0.457 e. The van der Waals surface area contributed by atoms with Crippen molar-refractivity contribution in [3.05, 3.63) is 65.7 Å². The SMILES string of the molecule is C=C(Br)CNc1ccc(Oc2ccccc2)cc1. The molecule has 0 unspecified atom stereocenters. The Morgan fingerprint density at radius 3 is 2.22 bits per heavy atom. The van der Waals surface area contributed by atoms with Crippen LogP contribution < -0.4 is 10.1 Å². The van der Waals surface area contributed by atoms with Crippen LogP contribution in [0.3, 0.4) is 0 Å². The average Bonchev–Trinajstić information content (AvgIpc) is 2.39. The number of hydrogen-bond donors (Lipinski definition) is 1. The highest BCUT2D eigenvalue weighted by Gasteiger charge is 1.97. The zero-order valence-electron chi connectivity index (χ0n) is 9.90. The van der Waals surface area contributed by atoms with E-state index in [1.807, 2.05) is 54.6 Å². The molecule has 0 radical (unpaired) electrons. The second-order valence-corrected chi connectivity index (χ2v) is 4.93. The Labute approximate surface area is 115 Å². The zero-order chi connectivity index (χ0) is 12.8. The lowest BCUT2D eigenvalue weighted by atomic mass is 10.3. The number of benzene rings is 2. The van der Waals surface area contributed by atoms with Crippen LogP contribution in [0.25, 0.3) is 0 Å². The molecule has 0 atom stereocenters. The summed E-state index contributed by atoms with van der Waals surface area (Å²) in [4.78, 5) is 0. The Kier molecular flexibility index (Phi) is 4.42. The summed E-state index contributed by atoms with van der Waals surface area (Å²) in [6, 6.07) is 17.6. The molecule has 0 saturated heterocycles. The van der Waals surface area contributed by atoms with E-state index in [0.29, 0.717) is 6.54 Å². The maximum Gasteiger partial charge on any atom is 0.127 e. The lowest BCUT2D eigenvalue weighted by Gasteiger charge is -2.08. The van der Waals surface area contributed by atoms with Crippen molar-refractivity contribution in [3.8, 4) is 11.5 Å². The first-order valence-electron chi connectivity index (χ1n) is 5.64. The highest BCUT2D eigenvalue weighted by Crippen LogP contribution is 2.22. The van der Waals surface area contributed by atoms with E-state index < -0.39 is 0 Å². The molecule has 1 N–H and O–H groups in total. The third kappa shape index (κ3) is 3.93. The second kappa shape index (κ2) is 6.26. The van der Waals surface area contributed by atoms with Gasteiger partial charge in [0.1, 0.15) is 11.5 Å². The Balaban J connectivity index is 1.97. The van der Waals surface area contributed by atoms with E-state index in [1.54, 1.807) is 0 Å². The molecule has 0 bridgehead atoms. The summed E-state index contributed by atoms with van der Waals surface area (Å²) in [5.41, 5.74) is 1.04. The van der Waals surface area contributed by atoms with Crippen LogP contribution in [-0.2, 0) is 0 Å². The summed E-state index contributed by atoms with van der Waals surface area (Å²) in [7, 11) is 0. The van der Waals surface area contributed by atoms with Gasteiger partial charge in [-0.05, 0) is 36.4 Å². The van der Waals surface area contributed by atoms with E-state index in [-0.39, 0.29) is 0 Å². The lowest BCUT2D eigenvalue weighted by Crippen LogP contribution is -1.99. The molecule has 92 valence electrons. The standard InChI is InChI=1S/C15H14BrNO/c1-12(16)11-17-13-7-9-15(10-8-13)18-14-5-3-2-4-6-14/h2-10,17H,1,11H2. The minimum atomic E-state index is 0.707. The maximum atomic E-state index is 5.70. The Morgan fingerprint density at radius 1 is 1.00 bits per heavy atom. The third-order valence-electron chi connectivity index (χ3n) is 2.32. The fourth-order valence-electron chi connectivity index (χ4n) is 1.46. The topological polar surface area (TPSA) is 21.3 Å². The van der Waals surface area contributed by atoms with Gasteiger partial charge in [0.15, 0.2) is 0 Å². The smallest absolute Gasteiger partial charge is 0.127 e. The number of nitrogens with one attached hydrogen (secondary N) is 1. The van der Waals surface area contributed by atoms with Gasteiger partial charge < -0.3 is 10.1 Å². The molecule has 0 aromatic heterocycles. The molecule has 3 heteroatoms. The number of halogens is 1. The van der Waals surface area contributed by atoms with Gasteiger partial charge in [-0.25, -0.2) is 0 Å². The van der Waals surface area contributed by atoms with E-state index >= 15 is 0 Å². The molecule has 0 heterocycles. The summed E-state index contributed by atoms with van der Waals surface area (Å²) in [5, 5.41) is 3.23. The molecule has 0 fully saturated rings. The van der Waals surface area contributed by atoms with Crippen LogP contribution in [0.5, 0.6) is 11.5 Å². The molecule has 0 spiro atoms. The first-order valence-corrected chi connectivity index (χ1v) is 6.43. The lowest BCUT2D eigenvalue weighted by molar-refractivity contribution is 0.483. The van der Waals surface area contributed by atoms with Gasteiger partial charge in [0.05, 0.1) is 0 Å². The average molecular weight is 304 g/mol. The van der Waals surface area contributed by atoms with Crippen molar-refractivity contribution in [1.29, 1.82) is 0 Å². The van der Waals surface area contributed by atoms with Gasteiger partial charge in [-0.2, -0.15) is 0 Å². The van der Waals surface area contributed by atoms with Crippen LogP contribution in [0.4, 0.5) is 5.69 Å². The molecule has 2 nitrogen and oxygen atoms in total. The summed E-state index contributed by atoms with van der Waals surface area (Å²) in [5.74, 6) is 1.66. The molecule has 2 aromatic rings. The number of anilines is 1. The van der Waals surface area contributed by atoms with Crippen molar-refractivity contribution in [2.75, 3.05) is 11.9 Å². The fraction of sp³-hybridized carbons (Fsp3) is 0.0667. The first kappa shape index (κ1) is 12.7. The highest BCUT2D eigenvalue weighted by atomic mass is 79.9. The maximum absolute atomic E-state index is 5.70. The van der Waals surface area contributed by atoms with Crippen molar-refractivity contribution >= 4 is 21.6 Å². The van der Waals surface area contributed by atoms with E-state index in [1.165, 1.54) is 0 Å². The number of ether oxygens (including phenoxy) is 1. The highest BCUT2D eigenvalue weighted by molar-refractivity contribution is 9.11. The van der Waals surface area contributed by atoms with Crippen LogP contribution in [0.1, 0.15) is 0 Å². The largest absolute Gasteiger partial charge is 0.457 e. The molecule has 2 rings (SSSR count). The van der Waals surface area contributed by atoms with Crippen LogP contribution in [0.2, 0.25) is 0 Å². The molecular formula is C15H14BrNO. The van der Waals surface area contributed by atoms with Crippen LogP contribution in [0.15, 0.2) is 65.7 Å². The quantitative estimate of drug-likeness (QED) is 0.856. The Hall–Kier alpha value is -1.74. The summed E-state index contributed by atoms with van der Waals surface area (Å²) in [6.07, 6.45) is 0. The minimum absolute atomic E-state index is 0.707. The van der Waals surface area contributed by atoms with Gasteiger partial charge in [0.25, 0.3) is 0 Å². The predicted octanol–water partition coefficient (Wildman–Crippen LogP) is 4.80. The second-order valence-electron chi connectivity index (χ2n) is 3.81. The van der Waals surface area contributed by atoms with Crippen LogP contribution in [-0.4, -0.2) is 6.54 Å². The summed E-state index contributed by atoms with van der Waals surface area (Å²) < 4.78 is 6.63. The van der Waals surface area contributed by atoms with Gasteiger partial charge in [0.2, 0.25) is 0 Å². The normalized spacial score (nSPS) is 9.83. The molecule has 2 aromatic carbocycles. The molecule has 0 amide bonds. The van der Waals surface area contributed by atoms with E-state index in [9.17, 15) is 0 Å². The van der Waals surface area contributed by atoms with Crippen LogP contribution >= 0.6 is 15.9 Å². The van der Waals surface area contributed by atoms with Crippen LogP contribution in [0, 0.1) is 0 Å². The molecule has 0 saturated carbocycles. The molecular weight excluding hydrogens is 290 g/mol. The molecule has 0 aliphatic rings. The number of para-hydroxylation sites is 1. The van der Waals surface area contributed by atoms with Gasteiger partial charge >= 0.3 is 0 Å². The summed E-state index contributed by atoms with van der Waals surface area (Å²) >= 11 is 3.31. The van der Waals surface area contributed by atoms with E-state index in [2.05, 4.69) is 27.8 Å². The number of rotatable bonds is 5. The van der Waals surface area contributed by atoms with Crippen molar-refractivity contribution < 1.29 is 4.74 Å². The van der Waals surface area contributed by atoms with E-state index in [4.69, 9.17) is 4.74 Å². The van der Waals surface area contributed by atoms with Gasteiger partial charge in [-0.15, -0.1) is 0 Å².